The van der Waals surface area contributed by atoms with Gasteiger partial charge in [-0.2, -0.15) is 0 Å². The lowest BCUT2D eigenvalue weighted by molar-refractivity contribution is -0.233. The zero-order valence-electron chi connectivity index (χ0n) is 22.2. The molecule has 2 unspecified atom stereocenters. The maximum absolute atomic E-state index is 13.4. The molecule has 4 aliphatic carbocycles. The Kier molecular flexibility index (Phi) is 7.08. The van der Waals surface area contributed by atoms with E-state index >= 15 is 0 Å². The molecular weight excluding hydrogens is 448 g/mol. The lowest BCUT2D eigenvalue weighted by Crippen LogP contribution is -2.66. The molecule has 35 heavy (non-hydrogen) atoms. The van der Waals surface area contributed by atoms with Crippen LogP contribution in [0.4, 0.5) is 0 Å². The van der Waals surface area contributed by atoms with Gasteiger partial charge in [-0.25, -0.2) is 0 Å². The number of Topliss-reactive ketones (excluding diaryl/α,β-unsaturated/α-hetero) is 1. The summed E-state index contributed by atoms with van der Waals surface area (Å²) in [6.07, 6.45) is 1.05. The Morgan fingerprint density at radius 1 is 1.06 bits per heavy atom. The SMILES string of the molecule is CC(CO)[C@H](C)C[C@@H](O)[C@](C)(O)[C@H]1CC[C@]2(O)C3CC(=O)[C@@H]4C[C@@H](O)[C@@H](O)C[C@]4(C)[C@@H]3CC[C@]12C. The van der Waals surface area contributed by atoms with E-state index in [1.165, 1.54) is 0 Å². The molecule has 4 fully saturated rings. The summed E-state index contributed by atoms with van der Waals surface area (Å²) in [5, 5.41) is 65.4. The van der Waals surface area contributed by atoms with Crippen molar-refractivity contribution in [3.05, 3.63) is 0 Å². The van der Waals surface area contributed by atoms with E-state index in [1.807, 2.05) is 20.8 Å². The normalized spacial score (nSPS) is 49.9. The van der Waals surface area contributed by atoms with Gasteiger partial charge in [0.25, 0.3) is 0 Å². The summed E-state index contributed by atoms with van der Waals surface area (Å²) in [7, 11) is 0. The second-order valence-electron chi connectivity index (χ2n) is 13.6. The molecule has 0 aliphatic heterocycles. The van der Waals surface area contributed by atoms with Crippen molar-refractivity contribution >= 4 is 5.78 Å². The van der Waals surface area contributed by atoms with Crippen molar-refractivity contribution in [2.24, 2.45) is 46.3 Å². The fourth-order valence-electron chi connectivity index (χ4n) is 9.20. The van der Waals surface area contributed by atoms with Gasteiger partial charge in [0.2, 0.25) is 0 Å². The molecule has 0 radical (unpaired) electrons. The predicted octanol–water partition coefficient (Wildman–Crippen LogP) is 2.04. The lowest BCUT2D eigenvalue weighted by Gasteiger charge is -2.64. The van der Waals surface area contributed by atoms with Crippen LogP contribution in [0.1, 0.15) is 86.0 Å². The molecule has 4 rings (SSSR count). The smallest absolute Gasteiger partial charge is 0.137 e. The highest BCUT2D eigenvalue weighted by molar-refractivity contribution is 5.83. The summed E-state index contributed by atoms with van der Waals surface area (Å²) in [5.74, 6) is -0.712. The van der Waals surface area contributed by atoms with E-state index < -0.39 is 40.3 Å². The van der Waals surface area contributed by atoms with E-state index in [2.05, 4.69) is 6.92 Å². The standard InChI is InChI=1S/C28H48O7/c1-15(16(2)14-29)10-24(33)27(5,34)23-7-9-28(35)18-11-20(30)19-12-21(31)22(32)13-25(19,3)17(18)6-8-26(23,28)4/h15-19,21-24,29,31-35H,6-14H2,1-5H3/t15-,16?,17-,18?,19+,21-,22+,23+,24-,25-,26-,27-,28+/m1/s1. The topological polar surface area (TPSA) is 138 Å². The van der Waals surface area contributed by atoms with Crippen LogP contribution >= 0.6 is 0 Å². The second kappa shape index (κ2) is 9.02. The van der Waals surface area contributed by atoms with Crippen molar-refractivity contribution in [3.63, 3.8) is 0 Å². The van der Waals surface area contributed by atoms with Crippen molar-refractivity contribution in [1.29, 1.82) is 0 Å². The van der Waals surface area contributed by atoms with Gasteiger partial charge in [-0.1, -0.05) is 27.7 Å². The summed E-state index contributed by atoms with van der Waals surface area (Å²) < 4.78 is 0. The van der Waals surface area contributed by atoms with Crippen molar-refractivity contribution in [1.82, 2.24) is 0 Å². The minimum atomic E-state index is -1.41. The molecule has 4 saturated carbocycles. The van der Waals surface area contributed by atoms with E-state index in [-0.39, 0.29) is 60.7 Å². The highest BCUT2D eigenvalue weighted by Crippen LogP contribution is 2.69. The van der Waals surface area contributed by atoms with Crippen molar-refractivity contribution in [2.75, 3.05) is 6.61 Å². The number of carbonyl (C=O) groups is 1. The van der Waals surface area contributed by atoms with Crippen LogP contribution in [0.15, 0.2) is 0 Å². The minimum Gasteiger partial charge on any atom is -0.396 e. The number of rotatable bonds is 6. The fourth-order valence-corrected chi connectivity index (χ4v) is 9.20. The Labute approximate surface area is 209 Å². The van der Waals surface area contributed by atoms with E-state index in [0.29, 0.717) is 32.1 Å². The number of aliphatic hydroxyl groups excluding tert-OH is 4. The fraction of sp³-hybridized carbons (Fsp3) is 0.964. The summed E-state index contributed by atoms with van der Waals surface area (Å²) in [6, 6.07) is 0. The van der Waals surface area contributed by atoms with E-state index in [1.54, 1.807) is 6.92 Å². The number of hydrogen-bond donors (Lipinski definition) is 6. The van der Waals surface area contributed by atoms with Crippen LogP contribution in [0.25, 0.3) is 0 Å². The number of carbonyl (C=O) groups excluding carboxylic acids is 1. The van der Waals surface area contributed by atoms with Crippen molar-refractivity contribution in [2.45, 2.75) is 115 Å². The van der Waals surface area contributed by atoms with Crippen LogP contribution in [0.3, 0.4) is 0 Å². The molecule has 0 heterocycles. The van der Waals surface area contributed by atoms with Gasteiger partial charge in [0.1, 0.15) is 5.78 Å². The third-order valence-electron chi connectivity index (χ3n) is 11.9. The van der Waals surface area contributed by atoms with Crippen LogP contribution in [0, 0.1) is 46.3 Å². The largest absolute Gasteiger partial charge is 0.396 e. The van der Waals surface area contributed by atoms with Crippen molar-refractivity contribution < 1.29 is 35.4 Å². The number of aliphatic hydroxyl groups is 6. The summed E-state index contributed by atoms with van der Waals surface area (Å²) >= 11 is 0. The number of fused-ring (bicyclic) bond motifs is 5. The number of hydrogen-bond acceptors (Lipinski definition) is 7. The zero-order valence-corrected chi connectivity index (χ0v) is 22.2. The van der Waals surface area contributed by atoms with Gasteiger partial charge < -0.3 is 30.6 Å². The molecule has 0 amide bonds. The van der Waals surface area contributed by atoms with Gasteiger partial charge in [0.05, 0.1) is 29.5 Å². The van der Waals surface area contributed by atoms with Crippen LogP contribution < -0.4 is 0 Å². The first-order valence-corrected chi connectivity index (χ1v) is 13.8. The van der Waals surface area contributed by atoms with E-state index in [9.17, 15) is 35.4 Å². The Balaban J connectivity index is 1.61. The van der Waals surface area contributed by atoms with Crippen molar-refractivity contribution in [3.8, 4) is 0 Å². The number of ketones is 1. The summed E-state index contributed by atoms with van der Waals surface area (Å²) in [4.78, 5) is 13.4. The molecule has 0 aromatic carbocycles. The highest BCUT2D eigenvalue weighted by Gasteiger charge is 2.71. The van der Waals surface area contributed by atoms with E-state index in [4.69, 9.17) is 0 Å². The van der Waals surface area contributed by atoms with Gasteiger partial charge in [-0.15, -0.1) is 0 Å². The molecule has 4 aliphatic rings. The van der Waals surface area contributed by atoms with E-state index in [0.717, 1.165) is 6.42 Å². The predicted molar refractivity (Wildman–Crippen MR) is 131 cm³/mol. The maximum atomic E-state index is 13.4. The first-order valence-electron chi connectivity index (χ1n) is 13.8. The monoisotopic (exact) mass is 496 g/mol. The molecule has 0 aromatic rings. The minimum absolute atomic E-state index is 0.0123. The molecule has 7 nitrogen and oxygen atoms in total. The molecule has 0 saturated heterocycles. The van der Waals surface area contributed by atoms with Crippen LogP contribution in [-0.2, 0) is 4.79 Å². The first-order chi connectivity index (χ1) is 16.1. The van der Waals surface area contributed by atoms with Gasteiger partial charge >= 0.3 is 0 Å². The molecule has 13 atom stereocenters. The Morgan fingerprint density at radius 2 is 1.71 bits per heavy atom. The third-order valence-corrected chi connectivity index (χ3v) is 11.9. The zero-order chi connectivity index (χ0) is 26.1. The molecule has 0 spiro atoms. The van der Waals surface area contributed by atoms with Gasteiger partial charge in [0.15, 0.2) is 0 Å². The Bertz CT molecular complexity index is 815. The molecule has 202 valence electrons. The summed E-state index contributed by atoms with van der Waals surface area (Å²) in [6.45, 7) is 9.70. The van der Waals surface area contributed by atoms with Crippen LogP contribution in [0.5, 0.6) is 0 Å². The first kappa shape index (κ1) is 27.5. The van der Waals surface area contributed by atoms with Crippen LogP contribution in [-0.4, -0.2) is 72.5 Å². The lowest BCUT2D eigenvalue weighted by atomic mass is 9.42. The molecule has 0 bridgehead atoms. The van der Waals surface area contributed by atoms with Gasteiger partial charge in [-0.3, -0.25) is 4.79 Å². The molecule has 6 N–H and O–H groups in total. The summed E-state index contributed by atoms with van der Waals surface area (Å²) in [5.41, 5.74) is -3.67. The average molecular weight is 497 g/mol. The average Bonchev–Trinajstić information content (AvgIpc) is 3.07. The Morgan fingerprint density at radius 3 is 2.34 bits per heavy atom. The second-order valence-corrected chi connectivity index (χ2v) is 13.6. The van der Waals surface area contributed by atoms with Gasteiger partial charge in [0, 0.05) is 24.4 Å². The maximum Gasteiger partial charge on any atom is 0.137 e. The van der Waals surface area contributed by atoms with Gasteiger partial charge in [-0.05, 0) is 86.9 Å². The van der Waals surface area contributed by atoms with Crippen LogP contribution in [0.2, 0.25) is 0 Å². The quantitative estimate of drug-likeness (QED) is 0.331. The molecule has 7 heteroatoms. The third kappa shape index (κ3) is 3.95. The highest BCUT2D eigenvalue weighted by atomic mass is 16.3. The molecular formula is C28H48O7. The molecule has 0 aromatic heterocycles. The Hall–Kier alpha value is -0.570.